The van der Waals surface area contributed by atoms with Crippen LogP contribution in [0.3, 0.4) is 0 Å². The molecule has 98 valence electrons. The van der Waals surface area contributed by atoms with Crippen molar-refractivity contribution in [3.8, 4) is 5.75 Å². The van der Waals surface area contributed by atoms with Crippen molar-refractivity contribution in [3.63, 3.8) is 0 Å². The van der Waals surface area contributed by atoms with Gasteiger partial charge in [-0.15, -0.1) is 0 Å². The molecule has 0 saturated carbocycles. The summed E-state index contributed by atoms with van der Waals surface area (Å²) < 4.78 is 7.64. The summed E-state index contributed by atoms with van der Waals surface area (Å²) in [4.78, 5) is 0. The molecule has 3 heteroatoms. The average molecular weight is 246 g/mol. The number of ether oxygens (including phenoxy) is 1. The molecule has 18 heavy (non-hydrogen) atoms. The minimum Gasteiger partial charge on any atom is -0.497 e. The highest BCUT2D eigenvalue weighted by Gasteiger charge is 2.13. The summed E-state index contributed by atoms with van der Waals surface area (Å²) in [6.07, 6.45) is 0.898. The molecule has 1 aromatic carbocycles. The summed E-state index contributed by atoms with van der Waals surface area (Å²) in [6, 6.07) is 9.05. The quantitative estimate of drug-likeness (QED) is 0.900. The van der Waals surface area contributed by atoms with Gasteiger partial charge in [-0.25, -0.2) is 0 Å². The maximum Gasteiger partial charge on any atom is 0.119 e. The van der Waals surface area contributed by atoms with Gasteiger partial charge in [-0.2, -0.15) is 0 Å². The highest BCUT2D eigenvalue weighted by atomic mass is 16.5. The van der Waals surface area contributed by atoms with Crippen LogP contribution in [0, 0.1) is 0 Å². The highest BCUT2D eigenvalue weighted by Crippen LogP contribution is 2.28. The Hall–Kier alpha value is -1.48. The van der Waals surface area contributed by atoms with Crippen molar-refractivity contribution in [2.75, 3.05) is 7.11 Å². The zero-order valence-electron chi connectivity index (χ0n) is 11.6. The van der Waals surface area contributed by atoms with Crippen LogP contribution in [0.15, 0.2) is 24.3 Å². The van der Waals surface area contributed by atoms with Gasteiger partial charge in [0.25, 0.3) is 0 Å². The van der Waals surface area contributed by atoms with Crippen molar-refractivity contribution in [1.82, 2.24) is 4.57 Å². The van der Waals surface area contributed by atoms with Crippen LogP contribution in [0.25, 0.3) is 10.9 Å². The highest BCUT2D eigenvalue weighted by molar-refractivity contribution is 5.83. The van der Waals surface area contributed by atoms with Crippen LogP contribution in [-0.2, 0) is 6.42 Å². The van der Waals surface area contributed by atoms with E-state index >= 15 is 0 Å². The molecule has 1 unspecified atom stereocenters. The maximum atomic E-state index is 5.93. The SMILES string of the molecule is COc1ccc2c(c1)cc(CC(C)N)n2C(C)C. The van der Waals surface area contributed by atoms with Crippen LogP contribution < -0.4 is 10.5 Å². The zero-order chi connectivity index (χ0) is 13.3. The van der Waals surface area contributed by atoms with Crippen molar-refractivity contribution in [1.29, 1.82) is 0 Å². The predicted octanol–water partition coefficient (Wildman–Crippen LogP) is 3.12. The normalized spacial score (nSPS) is 13.2. The summed E-state index contributed by atoms with van der Waals surface area (Å²) in [6.45, 7) is 6.45. The third-order valence-electron chi connectivity index (χ3n) is 3.17. The van der Waals surface area contributed by atoms with E-state index in [1.807, 2.05) is 13.0 Å². The number of benzene rings is 1. The van der Waals surface area contributed by atoms with Gasteiger partial charge in [0.15, 0.2) is 0 Å². The lowest BCUT2D eigenvalue weighted by molar-refractivity contribution is 0.415. The van der Waals surface area contributed by atoms with Gasteiger partial charge in [0.2, 0.25) is 0 Å². The first-order valence-electron chi connectivity index (χ1n) is 6.46. The molecule has 3 nitrogen and oxygen atoms in total. The van der Waals surface area contributed by atoms with Crippen LogP contribution in [0.1, 0.15) is 32.5 Å². The second-order valence-corrected chi connectivity index (χ2v) is 5.21. The number of hydrogen-bond acceptors (Lipinski definition) is 2. The summed E-state index contributed by atoms with van der Waals surface area (Å²) in [5, 5.41) is 1.22. The summed E-state index contributed by atoms with van der Waals surface area (Å²) in [5.74, 6) is 0.899. The zero-order valence-corrected chi connectivity index (χ0v) is 11.6. The molecular weight excluding hydrogens is 224 g/mol. The fourth-order valence-electron chi connectivity index (χ4n) is 2.50. The lowest BCUT2D eigenvalue weighted by Gasteiger charge is -2.16. The van der Waals surface area contributed by atoms with Gasteiger partial charge >= 0.3 is 0 Å². The molecule has 0 aliphatic heterocycles. The number of fused-ring (bicyclic) bond motifs is 1. The Bertz CT molecular complexity index is 541. The van der Waals surface area contributed by atoms with Gasteiger partial charge in [0.05, 0.1) is 7.11 Å². The molecular formula is C15H22N2O. The first-order valence-corrected chi connectivity index (χ1v) is 6.46. The number of nitrogens with zero attached hydrogens (tertiary/aromatic N) is 1. The Morgan fingerprint density at radius 3 is 2.50 bits per heavy atom. The van der Waals surface area contributed by atoms with Gasteiger partial charge in [-0.05, 0) is 45.0 Å². The fraction of sp³-hybridized carbons (Fsp3) is 0.467. The molecule has 0 radical (unpaired) electrons. The molecule has 1 aromatic heterocycles. The number of aromatic nitrogens is 1. The molecule has 1 atom stereocenters. The van der Waals surface area contributed by atoms with Gasteiger partial charge in [0.1, 0.15) is 5.75 Å². The molecule has 2 N–H and O–H groups in total. The van der Waals surface area contributed by atoms with E-state index in [0.29, 0.717) is 6.04 Å². The minimum atomic E-state index is 0.175. The maximum absolute atomic E-state index is 5.93. The summed E-state index contributed by atoms with van der Waals surface area (Å²) >= 11 is 0. The second-order valence-electron chi connectivity index (χ2n) is 5.21. The molecule has 0 aliphatic rings. The van der Waals surface area contributed by atoms with E-state index in [0.717, 1.165) is 12.2 Å². The topological polar surface area (TPSA) is 40.2 Å². The first-order chi connectivity index (χ1) is 8.52. The van der Waals surface area contributed by atoms with Crippen LogP contribution in [0.2, 0.25) is 0 Å². The second kappa shape index (κ2) is 5.02. The Kier molecular flexibility index (Phi) is 3.62. The molecule has 1 heterocycles. The predicted molar refractivity (Wildman–Crippen MR) is 76.2 cm³/mol. The largest absolute Gasteiger partial charge is 0.497 e. The lowest BCUT2D eigenvalue weighted by atomic mass is 10.2. The molecule has 2 aromatic rings. The average Bonchev–Trinajstić information content (AvgIpc) is 2.64. The number of rotatable bonds is 4. The Morgan fingerprint density at radius 2 is 1.94 bits per heavy atom. The standard InChI is InChI=1S/C15H22N2O/c1-10(2)17-13(7-11(3)16)8-12-9-14(18-4)5-6-15(12)17/h5-6,8-11H,7,16H2,1-4H3. The van der Waals surface area contributed by atoms with Crippen molar-refractivity contribution in [2.24, 2.45) is 5.73 Å². The van der Waals surface area contributed by atoms with Gasteiger partial charge in [-0.3, -0.25) is 0 Å². The molecule has 0 fully saturated rings. The van der Waals surface area contributed by atoms with Gasteiger partial charge in [0, 0.05) is 35.1 Å². The van der Waals surface area contributed by atoms with Crippen LogP contribution in [-0.4, -0.2) is 17.7 Å². The van der Waals surface area contributed by atoms with E-state index in [4.69, 9.17) is 10.5 Å². The van der Waals surface area contributed by atoms with Crippen molar-refractivity contribution >= 4 is 10.9 Å². The van der Waals surface area contributed by atoms with Crippen LogP contribution in [0.5, 0.6) is 5.75 Å². The molecule has 0 saturated heterocycles. The lowest BCUT2D eigenvalue weighted by Crippen LogP contribution is -2.20. The van der Waals surface area contributed by atoms with Crippen molar-refractivity contribution in [3.05, 3.63) is 30.0 Å². The molecule has 0 spiro atoms. The summed E-state index contributed by atoms with van der Waals surface area (Å²) in [5.41, 5.74) is 8.48. The van der Waals surface area contributed by atoms with E-state index in [9.17, 15) is 0 Å². The van der Waals surface area contributed by atoms with Crippen molar-refractivity contribution < 1.29 is 4.74 Å². The Balaban J connectivity index is 2.58. The van der Waals surface area contributed by atoms with E-state index in [2.05, 4.69) is 36.6 Å². The number of methoxy groups -OCH3 is 1. The molecule has 0 aliphatic carbocycles. The molecule has 0 amide bonds. The molecule has 2 rings (SSSR count). The number of nitrogens with two attached hydrogens (primary N) is 1. The third kappa shape index (κ3) is 2.36. The molecule has 0 bridgehead atoms. The van der Waals surface area contributed by atoms with E-state index in [-0.39, 0.29) is 6.04 Å². The van der Waals surface area contributed by atoms with Gasteiger partial charge in [-0.1, -0.05) is 0 Å². The van der Waals surface area contributed by atoms with Crippen LogP contribution >= 0.6 is 0 Å². The van der Waals surface area contributed by atoms with Crippen molar-refractivity contribution in [2.45, 2.75) is 39.3 Å². The van der Waals surface area contributed by atoms with Crippen LogP contribution in [0.4, 0.5) is 0 Å². The minimum absolute atomic E-state index is 0.175. The third-order valence-corrected chi connectivity index (χ3v) is 3.17. The Morgan fingerprint density at radius 1 is 1.22 bits per heavy atom. The van der Waals surface area contributed by atoms with E-state index in [1.54, 1.807) is 7.11 Å². The smallest absolute Gasteiger partial charge is 0.119 e. The van der Waals surface area contributed by atoms with E-state index < -0.39 is 0 Å². The fourth-order valence-corrected chi connectivity index (χ4v) is 2.50. The monoisotopic (exact) mass is 246 g/mol. The van der Waals surface area contributed by atoms with E-state index in [1.165, 1.54) is 16.6 Å². The Labute approximate surface area is 109 Å². The first kappa shape index (κ1) is 13.0. The summed E-state index contributed by atoms with van der Waals surface area (Å²) in [7, 11) is 1.70. The number of hydrogen-bond donors (Lipinski definition) is 1. The van der Waals surface area contributed by atoms with Gasteiger partial charge < -0.3 is 15.0 Å².